The molecule has 29 heavy (non-hydrogen) atoms. The third-order valence-electron chi connectivity index (χ3n) is 5.32. The standard InChI is InChI=1S/C21H22F3N3O2/c22-21(23,24)16-4-1-13(2-5-16)12-27-9-7-14(8-10-27)18-11-15(19(25)28)3-6-17(18)20(26)29/h1-6,11,14H,7-10,12H2,(H2,25,28)(H2,26,29). The Bertz CT molecular complexity index is 902. The number of rotatable bonds is 5. The van der Waals surface area contributed by atoms with Crippen molar-refractivity contribution < 1.29 is 22.8 Å². The molecule has 4 N–H and O–H groups in total. The summed E-state index contributed by atoms with van der Waals surface area (Å²) in [4.78, 5) is 25.4. The van der Waals surface area contributed by atoms with Crippen molar-refractivity contribution in [1.82, 2.24) is 4.90 Å². The van der Waals surface area contributed by atoms with Crippen molar-refractivity contribution in [3.8, 4) is 0 Å². The average Bonchev–Trinajstić information content (AvgIpc) is 2.67. The Balaban J connectivity index is 1.67. The van der Waals surface area contributed by atoms with Gasteiger partial charge >= 0.3 is 6.18 Å². The molecule has 1 aliphatic heterocycles. The van der Waals surface area contributed by atoms with Crippen LogP contribution >= 0.6 is 0 Å². The van der Waals surface area contributed by atoms with Crippen molar-refractivity contribution in [3.63, 3.8) is 0 Å². The van der Waals surface area contributed by atoms with Crippen LogP contribution in [0.3, 0.4) is 0 Å². The van der Waals surface area contributed by atoms with E-state index < -0.39 is 23.6 Å². The van der Waals surface area contributed by atoms with Crippen molar-refractivity contribution in [1.29, 1.82) is 0 Å². The highest BCUT2D eigenvalue weighted by atomic mass is 19.4. The number of piperidine rings is 1. The molecule has 2 aromatic rings. The molecule has 1 heterocycles. The number of halogens is 3. The summed E-state index contributed by atoms with van der Waals surface area (Å²) in [5.41, 5.74) is 12.4. The maximum absolute atomic E-state index is 12.7. The van der Waals surface area contributed by atoms with Crippen LogP contribution in [-0.4, -0.2) is 29.8 Å². The van der Waals surface area contributed by atoms with Crippen LogP contribution in [-0.2, 0) is 12.7 Å². The van der Waals surface area contributed by atoms with Gasteiger partial charge in [0.25, 0.3) is 0 Å². The van der Waals surface area contributed by atoms with Crippen LogP contribution in [0.15, 0.2) is 42.5 Å². The second-order valence-corrected chi connectivity index (χ2v) is 7.28. The lowest BCUT2D eigenvalue weighted by Gasteiger charge is -2.33. The summed E-state index contributed by atoms with van der Waals surface area (Å²) >= 11 is 0. The van der Waals surface area contributed by atoms with E-state index in [1.165, 1.54) is 24.3 Å². The number of carbonyl (C=O) groups excluding carboxylic acids is 2. The number of likely N-dealkylation sites (tertiary alicyclic amines) is 1. The second kappa shape index (κ2) is 8.24. The van der Waals surface area contributed by atoms with Gasteiger partial charge in [-0.1, -0.05) is 12.1 Å². The zero-order valence-electron chi connectivity index (χ0n) is 15.7. The topological polar surface area (TPSA) is 89.4 Å². The molecular weight excluding hydrogens is 383 g/mol. The maximum atomic E-state index is 12.7. The fraction of sp³-hybridized carbons (Fsp3) is 0.333. The number of benzene rings is 2. The van der Waals surface area contributed by atoms with E-state index in [9.17, 15) is 22.8 Å². The van der Waals surface area contributed by atoms with Crippen LogP contribution in [0.5, 0.6) is 0 Å². The summed E-state index contributed by atoms with van der Waals surface area (Å²) in [7, 11) is 0. The smallest absolute Gasteiger partial charge is 0.366 e. The maximum Gasteiger partial charge on any atom is 0.416 e. The number of primary amides is 2. The first kappa shape index (κ1) is 20.9. The Morgan fingerprint density at radius 3 is 2.10 bits per heavy atom. The van der Waals surface area contributed by atoms with E-state index in [1.54, 1.807) is 6.07 Å². The van der Waals surface area contributed by atoms with Gasteiger partial charge in [0.15, 0.2) is 0 Å². The van der Waals surface area contributed by atoms with Crippen molar-refractivity contribution in [2.75, 3.05) is 13.1 Å². The Labute approximate surface area is 166 Å². The number of hydrogen-bond donors (Lipinski definition) is 2. The van der Waals surface area contributed by atoms with Crippen LogP contribution in [0.2, 0.25) is 0 Å². The molecular formula is C21H22F3N3O2. The van der Waals surface area contributed by atoms with Gasteiger partial charge in [-0.05, 0) is 73.3 Å². The number of alkyl halides is 3. The van der Waals surface area contributed by atoms with Crippen molar-refractivity contribution >= 4 is 11.8 Å². The van der Waals surface area contributed by atoms with E-state index in [0.29, 0.717) is 30.8 Å². The highest BCUT2D eigenvalue weighted by molar-refractivity contribution is 5.98. The third-order valence-corrected chi connectivity index (χ3v) is 5.32. The molecule has 2 amide bonds. The monoisotopic (exact) mass is 405 g/mol. The lowest BCUT2D eigenvalue weighted by Crippen LogP contribution is -2.33. The SMILES string of the molecule is NC(=O)c1ccc(C(N)=O)c(C2CCN(Cc3ccc(C(F)(F)F)cc3)CC2)c1. The lowest BCUT2D eigenvalue weighted by atomic mass is 9.85. The van der Waals surface area contributed by atoms with Crippen molar-refractivity contribution in [2.24, 2.45) is 11.5 Å². The Morgan fingerprint density at radius 1 is 0.966 bits per heavy atom. The molecule has 0 spiro atoms. The minimum atomic E-state index is -4.34. The average molecular weight is 405 g/mol. The summed E-state index contributed by atoms with van der Waals surface area (Å²) in [6.07, 6.45) is -2.86. The zero-order chi connectivity index (χ0) is 21.2. The summed E-state index contributed by atoms with van der Waals surface area (Å²) in [6.45, 7) is 1.98. The molecule has 0 saturated carbocycles. The normalized spacial score (nSPS) is 16.0. The van der Waals surface area contributed by atoms with Gasteiger partial charge in [0, 0.05) is 17.7 Å². The first-order chi connectivity index (χ1) is 13.6. The highest BCUT2D eigenvalue weighted by Crippen LogP contribution is 2.32. The molecule has 0 aliphatic carbocycles. The predicted molar refractivity (Wildman–Crippen MR) is 102 cm³/mol. The largest absolute Gasteiger partial charge is 0.416 e. The Kier molecular flexibility index (Phi) is 5.93. The molecule has 3 rings (SSSR count). The molecule has 0 bridgehead atoms. The van der Waals surface area contributed by atoms with Crippen LogP contribution < -0.4 is 11.5 Å². The van der Waals surface area contributed by atoms with Crippen LogP contribution in [0.25, 0.3) is 0 Å². The summed E-state index contributed by atoms with van der Waals surface area (Å²) < 4.78 is 38.0. The van der Waals surface area contributed by atoms with E-state index in [1.807, 2.05) is 0 Å². The number of carbonyl (C=O) groups is 2. The molecule has 0 atom stereocenters. The van der Waals surface area contributed by atoms with E-state index in [0.717, 1.165) is 36.1 Å². The molecule has 1 saturated heterocycles. The zero-order valence-corrected chi connectivity index (χ0v) is 15.7. The van der Waals surface area contributed by atoms with E-state index >= 15 is 0 Å². The Morgan fingerprint density at radius 2 is 1.59 bits per heavy atom. The van der Waals surface area contributed by atoms with Gasteiger partial charge in [-0.3, -0.25) is 14.5 Å². The van der Waals surface area contributed by atoms with Gasteiger partial charge in [0.2, 0.25) is 11.8 Å². The molecule has 8 heteroatoms. The lowest BCUT2D eigenvalue weighted by molar-refractivity contribution is -0.137. The summed E-state index contributed by atoms with van der Waals surface area (Å²) in [6, 6.07) is 9.84. The minimum absolute atomic E-state index is 0.0562. The molecule has 0 radical (unpaired) electrons. The van der Waals surface area contributed by atoms with Gasteiger partial charge in [-0.25, -0.2) is 0 Å². The molecule has 2 aromatic carbocycles. The first-order valence-corrected chi connectivity index (χ1v) is 9.27. The molecule has 154 valence electrons. The number of hydrogen-bond acceptors (Lipinski definition) is 3. The number of amides is 2. The quantitative estimate of drug-likeness (QED) is 0.800. The van der Waals surface area contributed by atoms with E-state index in [2.05, 4.69) is 4.90 Å². The summed E-state index contributed by atoms with van der Waals surface area (Å²) in [5.74, 6) is -1.06. The minimum Gasteiger partial charge on any atom is -0.366 e. The van der Waals surface area contributed by atoms with Crippen LogP contribution in [0, 0.1) is 0 Å². The van der Waals surface area contributed by atoms with Gasteiger partial charge < -0.3 is 11.5 Å². The highest BCUT2D eigenvalue weighted by Gasteiger charge is 2.30. The first-order valence-electron chi connectivity index (χ1n) is 9.27. The van der Waals surface area contributed by atoms with Crippen molar-refractivity contribution in [3.05, 3.63) is 70.3 Å². The number of nitrogens with zero attached hydrogens (tertiary/aromatic N) is 1. The Hall–Kier alpha value is -2.87. The fourth-order valence-electron chi connectivity index (χ4n) is 3.74. The van der Waals surface area contributed by atoms with Gasteiger partial charge in [-0.15, -0.1) is 0 Å². The predicted octanol–water partition coefficient (Wildman–Crippen LogP) is 3.28. The second-order valence-electron chi connectivity index (χ2n) is 7.28. The van der Waals surface area contributed by atoms with Gasteiger partial charge in [0.05, 0.1) is 5.56 Å². The molecule has 1 fully saturated rings. The van der Waals surface area contributed by atoms with E-state index in [4.69, 9.17) is 11.5 Å². The fourth-order valence-corrected chi connectivity index (χ4v) is 3.74. The molecule has 0 aromatic heterocycles. The summed E-state index contributed by atoms with van der Waals surface area (Å²) in [5, 5.41) is 0. The van der Waals surface area contributed by atoms with Crippen LogP contribution in [0.4, 0.5) is 13.2 Å². The molecule has 1 aliphatic rings. The van der Waals surface area contributed by atoms with E-state index in [-0.39, 0.29) is 5.92 Å². The van der Waals surface area contributed by atoms with Crippen LogP contribution in [0.1, 0.15) is 56.2 Å². The van der Waals surface area contributed by atoms with Gasteiger partial charge in [0.1, 0.15) is 0 Å². The number of nitrogens with two attached hydrogens (primary N) is 2. The molecule has 0 unspecified atom stereocenters. The van der Waals surface area contributed by atoms with Gasteiger partial charge in [-0.2, -0.15) is 13.2 Å². The molecule has 5 nitrogen and oxygen atoms in total. The third kappa shape index (κ3) is 4.95. The van der Waals surface area contributed by atoms with Crippen molar-refractivity contribution in [2.45, 2.75) is 31.5 Å².